The van der Waals surface area contributed by atoms with Crippen LogP contribution >= 0.6 is 11.6 Å². The van der Waals surface area contributed by atoms with Crippen LogP contribution in [0.15, 0.2) is 42.6 Å². The van der Waals surface area contributed by atoms with Crippen molar-refractivity contribution in [1.82, 2.24) is 15.6 Å². The summed E-state index contributed by atoms with van der Waals surface area (Å²) in [6, 6.07) is 10.3. The molecule has 0 unspecified atom stereocenters. The van der Waals surface area contributed by atoms with Gasteiger partial charge in [0, 0.05) is 25.0 Å². The second kappa shape index (κ2) is 7.56. The lowest BCUT2D eigenvalue weighted by atomic mass is 10.2. The first-order chi connectivity index (χ1) is 10.6. The number of pyridine rings is 1. The summed E-state index contributed by atoms with van der Waals surface area (Å²) < 4.78 is 0. The summed E-state index contributed by atoms with van der Waals surface area (Å²) in [5.74, 6) is -0.489. The van der Waals surface area contributed by atoms with Crippen LogP contribution in [0.5, 0.6) is 0 Å². The molecule has 114 valence electrons. The molecule has 0 fully saturated rings. The number of aromatic nitrogens is 1. The lowest BCUT2D eigenvalue weighted by molar-refractivity contribution is 0.0927. The molecule has 5 nitrogen and oxygen atoms in total. The van der Waals surface area contributed by atoms with Crippen molar-refractivity contribution in [2.45, 2.75) is 6.92 Å². The molecule has 22 heavy (non-hydrogen) atoms. The number of nitrogens with one attached hydrogen (secondary N) is 2. The fraction of sp³-hybridized carbons (Fsp3) is 0.188. The molecule has 0 aliphatic heterocycles. The summed E-state index contributed by atoms with van der Waals surface area (Å²) in [6.45, 7) is 2.49. The average Bonchev–Trinajstić information content (AvgIpc) is 2.52. The van der Waals surface area contributed by atoms with Gasteiger partial charge in [0.2, 0.25) is 0 Å². The number of nitrogens with zero attached hydrogens (tertiary/aromatic N) is 1. The van der Waals surface area contributed by atoms with Gasteiger partial charge in [-0.2, -0.15) is 0 Å². The Morgan fingerprint density at radius 2 is 1.73 bits per heavy atom. The third-order valence-corrected chi connectivity index (χ3v) is 3.32. The normalized spacial score (nSPS) is 10.1. The maximum atomic E-state index is 11.9. The Labute approximate surface area is 133 Å². The molecule has 0 aliphatic carbocycles. The maximum absolute atomic E-state index is 11.9. The monoisotopic (exact) mass is 317 g/mol. The Morgan fingerprint density at radius 1 is 1.05 bits per heavy atom. The van der Waals surface area contributed by atoms with Crippen LogP contribution in [0.4, 0.5) is 0 Å². The molecule has 2 aromatic rings. The Morgan fingerprint density at radius 3 is 2.36 bits per heavy atom. The molecule has 0 radical (unpaired) electrons. The van der Waals surface area contributed by atoms with Crippen LogP contribution < -0.4 is 10.6 Å². The molecule has 0 saturated heterocycles. The zero-order valence-corrected chi connectivity index (χ0v) is 12.9. The maximum Gasteiger partial charge on any atom is 0.252 e. The zero-order chi connectivity index (χ0) is 15.9. The summed E-state index contributed by atoms with van der Waals surface area (Å²) in [5.41, 5.74) is 1.75. The van der Waals surface area contributed by atoms with Crippen LogP contribution in [0.1, 0.15) is 26.4 Å². The number of aryl methyl sites for hydroxylation is 1. The number of hydrogen-bond donors (Lipinski definition) is 2. The van der Waals surface area contributed by atoms with Gasteiger partial charge in [-0.15, -0.1) is 0 Å². The predicted molar refractivity (Wildman–Crippen MR) is 85.1 cm³/mol. The number of carbonyl (C=O) groups excluding carboxylic acids is 2. The highest BCUT2D eigenvalue weighted by Gasteiger charge is 2.09. The van der Waals surface area contributed by atoms with Gasteiger partial charge in [0.15, 0.2) is 0 Å². The predicted octanol–water partition coefficient (Wildman–Crippen LogP) is 2.20. The minimum atomic E-state index is -0.267. The third kappa shape index (κ3) is 4.30. The first-order valence-electron chi connectivity index (χ1n) is 6.81. The highest BCUT2D eigenvalue weighted by atomic mass is 35.5. The number of benzene rings is 1. The van der Waals surface area contributed by atoms with Gasteiger partial charge in [-0.1, -0.05) is 23.7 Å². The van der Waals surface area contributed by atoms with Gasteiger partial charge in [0.05, 0.1) is 16.1 Å². The van der Waals surface area contributed by atoms with E-state index in [1.54, 1.807) is 36.4 Å². The van der Waals surface area contributed by atoms with E-state index in [-0.39, 0.29) is 11.8 Å². The number of halogens is 1. The van der Waals surface area contributed by atoms with Gasteiger partial charge >= 0.3 is 0 Å². The van der Waals surface area contributed by atoms with Crippen molar-refractivity contribution in [3.05, 3.63) is 64.4 Å². The molecule has 0 aliphatic rings. The summed E-state index contributed by atoms with van der Waals surface area (Å²) in [4.78, 5) is 27.8. The van der Waals surface area contributed by atoms with Crippen molar-refractivity contribution in [1.29, 1.82) is 0 Å². The van der Waals surface area contributed by atoms with Crippen LogP contribution in [0.2, 0.25) is 5.02 Å². The Balaban J connectivity index is 1.77. The van der Waals surface area contributed by atoms with E-state index in [0.717, 1.165) is 5.69 Å². The van der Waals surface area contributed by atoms with E-state index >= 15 is 0 Å². The third-order valence-electron chi connectivity index (χ3n) is 2.99. The van der Waals surface area contributed by atoms with Crippen molar-refractivity contribution >= 4 is 23.4 Å². The fourth-order valence-corrected chi connectivity index (χ4v) is 2.02. The van der Waals surface area contributed by atoms with Gasteiger partial charge < -0.3 is 10.6 Å². The van der Waals surface area contributed by atoms with E-state index in [4.69, 9.17) is 11.6 Å². The smallest absolute Gasteiger partial charge is 0.252 e. The van der Waals surface area contributed by atoms with E-state index in [1.807, 2.05) is 6.92 Å². The van der Waals surface area contributed by atoms with Crippen molar-refractivity contribution in [3.63, 3.8) is 0 Å². The zero-order valence-electron chi connectivity index (χ0n) is 12.1. The lowest BCUT2D eigenvalue weighted by Crippen LogP contribution is -2.34. The molecule has 1 aromatic heterocycles. The Bertz CT molecular complexity index is 671. The van der Waals surface area contributed by atoms with Crippen LogP contribution in [-0.4, -0.2) is 29.9 Å². The van der Waals surface area contributed by atoms with Crippen molar-refractivity contribution in [3.8, 4) is 0 Å². The van der Waals surface area contributed by atoms with E-state index in [9.17, 15) is 9.59 Å². The second-order valence-electron chi connectivity index (χ2n) is 4.68. The highest BCUT2D eigenvalue weighted by Crippen LogP contribution is 2.14. The van der Waals surface area contributed by atoms with Crippen LogP contribution in [0.3, 0.4) is 0 Å². The molecule has 1 heterocycles. The molecule has 2 amide bonds. The Kier molecular flexibility index (Phi) is 5.49. The fourth-order valence-electron chi connectivity index (χ4n) is 1.80. The Hall–Kier alpha value is -2.40. The summed E-state index contributed by atoms with van der Waals surface area (Å²) in [5, 5.41) is 5.81. The minimum Gasteiger partial charge on any atom is -0.350 e. The molecule has 2 N–H and O–H groups in total. The molecule has 2 rings (SSSR count). The summed E-state index contributed by atoms with van der Waals surface area (Å²) in [7, 11) is 0. The van der Waals surface area contributed by atoms with Crippen LogP contribution in [0, 0.1) is 6.92 Å². The van der Waals surface area contributed by atoms with Crippen molar-refractivity contribution < 1.29 is 9.59 Å². The van der Waals surface area contributed by atoms with Gasteiger partial charge in [-0.05, 0) is 31.2 Å². The van der Waals surface area contributed by atoms with Gasteiger partial charge in [-0.3, -0.25) is 14.6 Å². The minimum absolute atomic E-state index is 0.223. The first-order valence-corrected chi connectivity index (χ1v) is 7.19. The number of rotatable bonds is 5. The van der Waals surface area contributed by atoms with E-state index in [1.165, 1.54) is 6.20 Å². The van der Waals surface area contributed by atoms with Gasteiger partial charge in [-0.25, -0.2) is 0 Å². The van der Waals surface area contributed by atoms with Gasteiger partial charge in [0.1, 0.15) is 0 Å². The first kappa shape index (κ1) is 16.0. The van der Waals surface area contributed by atoms with Crippen LogP contribution in [-0.2, 0) is 0 Å². The number of hydrogen-bond acceptors (Lipinski definition) is 3. The van der Waals surface area contributed by atoms with E-state index < -0.39 is 0 Å². The standard InChI is InChI=1S/C16H16ClN3O2/c1-11-6-7-12(10-20-11)15(21)18-8-9-19-16(22)13-4-2-3-5-14(13)17/h2-7,10H,8-9H2,1H3,(H,18,21)(H,19,22). The number of carbonyl (C=O) groups is 2. The summed E-state index contributed by atoms with van der Waals surface area (Å²) in [6.07, 6.45) is 1.52. The lowest BCUT2D eigenvalue weighted by Gasteiger charge is -2.08. The van der Waals surface area contributed by atoms with Gasteiger partial charge in [0.25, 0.3) is 11.8 Å². The molecule has 0 spiro atoms. The molecule has 0 atom stereocenters. The molecule has 1 aromatic carbocycles. The SMILES string of the molecule is Cc1ccc(C(=O)NCCNC(=O)c2ccccc2Cl)cn1. The second-order valence-corrected chi connectivity index (χ2v) is 5.09. The quantitative estimate of drug-likeness (QED) is 0.831. The highest BCUT2D eigenvalue weighted by molar-refractivity contribution is 6.33. The molecule has 6 heteroatoms. The molecular weight excluding hydrogens is 302 g/mol. The topological polar surface area (TPSA) is 71.1 Å². The van der Waals surface area contributed by atoms with Crippen molar-refractivity contribution in [2.75, 3.05) is 13.1 Å². The average molecular weight is 318 g/mol. The molecular formula is C16H16ClN3O2. The van der Waals surface area contributed by atoms with Crippen LogP contribution in [0.25, 0.3) is 0 Å². The number of amides is 2. The largest absolute Gasteiger partial charge is 0.350 e. The van der Waals surface area contributed by atoms with Crippen molar-refractivity contribution in [2.24, 2.45) is 0 Å². The van der Waals surface area contributed by atoms with E-state index in [2.05, 4.69) is 15.6 Å². The summed E-state index contributed by atoms with van der Waals surface area (Å²) >= 11 is 5.94. The molecule has 0 bridgehead atoms. The molecule has 0 saturated carbocycles. The van der Waals surface area contributed by atoms with E-state index in [0.29, 0.717) is 29.2 Å².